The van der Waals surface area contributed by atoms with Crippen LogP contribution >= 0.6 is 23.6 Å². The summed E-state index contributed by atoms with van der Waals surface area (Å²) in [6, 6.07) is 2.20. The number of nitrogens with one attached hydrogen (secondary N) is 1. The monoisotopic (exact) mass is 299 g/mol. The van der Waals surface area contributed by atoms with Gasteiger partial charge in [0.2, 0.25) is 0 Å². The third-order valence-electron chi connectivity index (χ3n) is 3.23. The molecule has 1 aromatic rings. The summed E-state index contributed by atoms with van der Waals surface area (Å²) in [5.41, 5.74) is 1.42. The van der Waals surface area contributed by atoms with Crippen LogP contribution in [-0.2, 0) is 11.3 Å². The molecule has 2 heterocycles. The van der Waals surface area contributed by atoms with E-state index in [1.54, 1.807) is 18.4 Å². The number of hydrogen-bond donors (Lipinski definition) is 1. The number of thiophene rings is 1. The van der Waals surface area contributed by atoms with E-state index in [4.69, 9.17) is 17.0 Å². The Balaban J connectivity index is 1.68. The third kappa shape index (κ3) is 4.72. The van der Waals surface area contributed by atoms with Crippen molar-refractivity contribution in [3.05, 3.63) is 22.4 Å². The molecule has 19 heavy (non-hydrogen) atoms. The Labute approximate surface area is 124 Å². The van der Waals surface area contributed by atoms with E-state index in [2.05, 4.69) is 31.9 Å². The molecule has 106 valence electrons. The minimum atomic E-state index is 0.693. The molecule has 1 aliphatic heterocycles. The van der Waals surface area contributed by atoms with Gasteiger partial charge < -0.3 is 15.0 Å². The summed E-state index contributed by atoms with van der Waals surface area (Å²) in [5.74, 6) is 0. The van der Waals surface area contributed by atoms with Gasteiger partial charge in [-0.05, 0) is 34.6 Å². The van der Waals surface area contributed by atoms with Crippen LogP contribution < -0.4 is 5.32 Å². The number of thiocarbonyl (C=S) groups is 1. The smallest absolute Gasteiger partial charge is 0.169 e. The fourth-order valence-corrected chi connectivity index (χ4v) is 3.07. The molecule has 0 spiro atoms. The van der Waals surface area contributed by atoms with Crippen LogP contribution in [0.1, 0.15) is 5.56 Å². The van der Waals surface area contributed by atoms with Crippen LogP contribution in [0.15, 0.2) is 16.8 Å². The van der Waals surface area contributed by atoms with Crippen molar-refractivity contribution in [3.8, 4) is 0 Å². The lowest BCUT2D eigenvalue weighted by Crippen LogP contribution is -2.51. The molecule has 0 aliphatic carbocycles. The number of piperazine rings is 1. The van der Waals surface area contributed by atoms with Crippen molar-refractivity contribution in [3.63, 3.8) is 0 Å². The molecule has 0 unspecified atom stereocenters. The zero-order valence-corrected chi connectivity index (χ0v) is 12.9. The molecule has 0 bridgehead atoms. The maximum absolute atomic E-state index is 5.38. The van der Waals surface area contributed by atoms with Crippen molar-refractivity contribution in [1.29, 1.82) is 0 Å². The summed E-state index contributed by atoms with van der Waals surface area (Å²) in [5, 5.41) is 8.45. The van der Waals surface area contributed by atoms with Crippen LogP contribution in [0, 0.1) is 0 Å². The molecule has 0 aromatic carbocycles. The van der Waals surface area contributed by atoms with Gasteiger partial charge in [0.25, 0.3) is 0 Å². The summed E-state index contributed by atoms with van der Waals surface area (Å²) >= 11 is 7.15. The molecule has 0 radical (unpaired) electrons. The zero-order chi connectivity index (χ0) is 13.5. The number of ether oxygens (including phenoxy) is 1. The van der Waals surface area contributed by atoms with E-state index in [0.717, 1.165) is 44.4 Å². The normalized spacial score (nSPS) is 16.6. The summed E-state index contributed by atoms with van der Waals surface area (Å²) in [7, 11) is 1.70. The zero-order valence-electron chi connectivity index (χ0n) is 11.3. The molecule has 1 aliphatic rings. The van der Waals surface area contributed by atoms with Crippen molar-refractivity contribution in [2.45, 2.75) is 6.54 Å². The molecule has 1 fully saturated rings. The predicted octanol–water partition coefficient (Wildman–Crippen LogP) is 1.39. The van der Waals surface area contributed by atoms with E-state index in [0.29, 0.717) is 6.61 Å². The van der Waals surface area contributed by atoms with E-state index in [-0.39, 0.29) is 0 Å². The Bertz CT molecular complexity index is 375. The summed E-state index contributed by atoms with van der Waals surface area (Å²) in [6.07, 6.45) is 0. The molecule has 4 nitrogen and oxygen atoms in total. The van der Waals surface area contributed by atoms with Gasteiger partial charge in [-0.25, -0.2) is 0 Å². The number of hydrogen-bond acceptors (Lipinski definition) is 4. The fourth-order valence-electron chi connectivity index (χ4n) is 2.12. The highest BCUT2D eigenvalue weighted by Gasteiger charge is 2.18. The minimum Gasteiger partial charge on any atom is -0.383 e. The molecule has 0 amide bonds. The number of nitrogens with zero attached hydrogens (tertiary/aromatic N) is 2. The fraction of sp³-hybridized carbons (Fsp3) is 0.615. The van der Waals surface area contributed by atoms with Crippen LogP contribution in [-0.4, -0.2) is 61.4 Å². The van der Waals surface area contributed by atoms with Crippen molar-refractivity contribution in [1.82, 2.24) is 15.1 Å². The van der Waals surface area contributed by atoms with E-state index in [1.165, 1.54) is 5.56 Å². The molecule has 1 aromatic heterocycles. The quantitative estimate of drug-likeness (QED) is 0.655. The molecule has 0 atom stereocenters. The highest BCUT2D eigenvalue weighted by atomic mass is 32.1. The average molecular weight is 299 g/mol. The van der Waals surface area contributed by atoms with Crippen LogP contribution in [0.3, 0.4) is 0 Å². The highest BCUT2D eigenvalue weighted by Crippen LogP contribution is 2.11. The minimum absolute atomic E-state index is 0.693. The second-order valence-electron chi connectivity index (χ2n) is 4.62. The topological polar surface area (TPSA) is 27.7 Å². The second-order valence-corrected chi connectivity index (χ2v) is 5.79. The Morgan fingerprint density at radius 2 is 2.21 bits per heavy atom. The first-order valence-corrected chi connectivity index (χ1v) is 7.90. The maximum Gasteiger partial charge on any atom is 0.169 e. The van der Waals surface area contributed by atoms with Crippen LogP contribution in [0.2, 0.25) is 0 Å². The van der Waals surface area contributed by atoms with Crippen molar-refractivity contribution in [2.24, 2.45) is 0 Å². The van der Waals surface area contributed by atoms with Crippen molar-refractivity contribution < 1.29 is 4.74 Å². The third-order valence-corrected chi connectivity index (χ3v) is 4.36. The Kier molecular flexibility index (Phi) is 6.03. The summed E-state index contributed by atoms with van der Waals surface area (Å²) in [4.78, 5) is 4.73. The van der Waals surface area contributed by atoms with Crippen molar-refractivity contribution >= 4 is 28.7 Å². The van der Waals surface area contributed by atoms with Crippen LogP contribution in [0.4, 0.5) is 0 Å². The highest BCUT2D eigenvalue weighted by molar-refractivity contribution is 7.80. The van der Waals surface area contributed by atoms with Gasteiger partial charge in [-0.3, -0.25) is 4.90 Å². The Morgan fingerprint density at radius 3 is 2.84 bits per heavy atom. The molecule has 1 N–H and O–H groups in total. The lowest BCUT2D eigenvalue weighted by Gasteiger charge is -2.36. The predicted molar refractivity (Wildman–Crippen MR) is 83.6 cm³/mol. The molecular weight excluding hydrogens is 278 g/mol. The SMILES string of the molecule is COCCNC(=S)N1CCN(Cc2ccsc2)CC1. The standard InChI is InChI=1S/C13H21N3OS2/c1-17-8-3-14-13(18)16-6-4-15(5-7-16)10-12-2-9-19-11-12/h2,9,11H,3-8,10H2,1H3,(H,14,18). The number of rotatable bonds is 5. The maximum atomic E-state index is 5.38. The Hall–Kier alpha value is -0.690. The molecule has 0 saturated carbocycles. The van der Waals surface area contributed by atoms with Gasteiger partial charge in [0.05, 0.1) is 6.61 Å². The summed E-state index contributed by atoms with van der Waals surface area (Å²) < 4.78 is 5.01. The second kappa shape index (κ2) is 7.79. The van der Waals surface area contributed by atoms with Gasteiger partial charge in [-0.2, -0.15) is 11.3 Å². The average Bonchev–Trinajstić information content (AvgIpc) is 2.93. The van der Waals surface area contributed by atoms with Gasteiger partial charge in [0, 0.05) is 46.4 Å². The van der Waals surface area contributed by atoms with E-state index < -0.39 is 0 Å². The molecule has 6 heteroatoms. The molecule has 2 rings (SSSR count). The largest absolute Gasteiger partial charge is 0.383 e. The molecular formula is C13H21N3OS2. The van der Waals surface area contributed by atoms with Crippen LogP contribution in [0.25, 0.3) is 0 Å². The van der Waals surface area contributed by atoms with Crippen LogP contribution in [0.5, 0.6) is 0 Å². The number of methoxy groups -OCH3 is 1. The summed E-state index contributed by atoms with van der Waals surface area (Å²) in [6.45, 7) is 6.68. The first-order valence-electron chi connectivity index (χ1n) is 6.54. The van der Waals surface area contributed by atoms with E-state index in [9.17, 15) is 0 Å². The van der Waals surface area contributed by atoms with E-state index >= 15 is 0 Å². The van der Waals surface area contributed by atoms with Crippen molar-refractivity contribution in [2.75, 3.05) is 46.4 Å². The van der Waals surface area contributed by atoms with Gasteiger partial charge in [0.15, 0.2) is 5.11 Å². The first-order chi connectivity index (χ1) is 9.29. The van der Waals surface area contributed by atoms with E-state index in [1.807, 2.05) is 0 Å². The van der Waals surface area contributed by atoms with Gasteiger partial charge in [-0.15, -0.1) is 0 Å². The first kappa shape index (κ1) is 14.7. The molecule has 1 saturated heterocycles. The van der Waals surface area contributed by atoms with Gasteiger partial charge in [0.1, 0.15) is 0 Å². The Morgan fingerprint density at radius 1 is 1.42 bits per heavy atom. The lowest BCUT2D eigenvalue weighted by atomic mass is 10.2. The lowest BCUT2D eigenvalue weighted by molar-refractivity contribution is 0.172. The van der Waals surface area contributed by atoms with Gasteiger partial charge >= 0.3 is 0 Å². The van der Waals surface area contributed by atoms with Gasteiger partial charge in [-0.1, -0.05) is 0 Å².